The minimum Gasteiger partial charge on any atom is -0.256 e. The molecule has 3 atom stereocenters. The van der Waals surface area contributed by atoms with Gasteiger partial charge in [0.05, 0.1) is 5.69 Å². The maximum absolute atomic E-state index is 9.02. The van der Waals surface area contributed by atoms with Gasteiger partial charge in [-0.15, -0.1) is 0 Å². The zero-order valence-corrected chi connectivity index (χ0v) is 14.4. The van der Waals surface area contributed by atoms with E-state index in [1.165, 1.54) is 36.0 Å². The van der Waals surface area contributed by atoms with Gasteiger partial charge in [0, 0.05) is 13.1 Å². The predicted molar refractivity (Wildman–Crippen MR) is 103 cm³/mol. The predicted octanol–water partition coefficient (Wildman–Crippen LogP) is 6.32. The highest BCUT2D eigenvalue weighted by Crippen LogP contribution is 2.52. The van der Waals surface area contributed by atoms with Crippen LogP contribution in [0.25, 0.3) is 22.4 Å². The van der Waals surface area contributed by atoms with Gasteiger partial charge in [-0.25, -0.2) is 0 Å². The van der Waals surface area contributed by atoms with E-state index in [4.69, 9.17) is 1.37 Å². The molecule has 2 aliphatic carbocycles. The van der Waals surface area contributed by atoms with Crippen LogP contribution in [-0.2, 0) is 0 Å². The maximum Gasteiger partial charge on any atom is 0.0708 e. The Hall–Kier alpha value is -2.41. The van der Waals surface area contributed by atoms with Crippen LogP contribution in [0.5, 0.6) is 0 Å². The molecule has 1 nitrogen and oxygen atoms in total. The minimum absolute atomic E-state index is 0.352. The van der Waals surface area contributed by atoms with Crippen molar-refractivity contribution in [1.29, 1.82) is 0 Å². The molecule has 0 N–H and O–H groups in total. The van der Waals surface area contributed by atoms with E-state index in [1.807, 2.05) is 24.4 Å². The van der Waals surface area contributed by atoms with Crippen LogP contribution in [0.4, 0.5) is 0 Å². The third-order valence-corrected chi connectivity index (χ3v) is 5.96. The number of rotatable bonds is 3. The SMILES string of the molecule is [2H][C@]1(c2ccc(-c3ccnc(-c4ccccc4)c3)cc2)C[C@@H]2CC[C@H]1C2. The lowest BCUT2D eigenvalue weighted by Crippen LogP contribution is -2.08. The molecule has 0 spiro atoms. The van der Waals surface area contributed by atoms with Crippen LogP contribution >= 0.6 is 0 Å². The zero-order chi connectivity index (χ0) is 17.6. The quantitative estimate of drug-likeness (QED) is 0.549. The van der Waals surface area contributed by atoms with E-state index in [0.29, 0.717) is 5.92 Å². The summed E-state index contributed by atoms with van der Waals surface area (Å²) in [6, 6.07) is 23.2. The van der Waals surface area contributed by atoms with Crippen molar-refractivity contribution in [3.05, 3.63) is 78.5 Å². The highest BCUT2D eigenvalue weighted by Gasteiger charge is 2.39. The van der Waals surface area contributed by atoms with Gasteiger partial charge in [0.15, 0.2) is 0 Å². The molecule has 2 bridgehead atoms. The van der Waals surface area contributed by atoms with Crippen LogP contribution in [0.15, 0.2) is 72.9 Å². The number of fused-ring (bicyclic) bond motifs is 2. The normalized spacial score (nSPS) is 28.1. The Balaban J connectivity index is 1.45. The Kier molecular flexibility index (Phi) is 3.40. The Bertz CT molecular complexity index is 918. The second-order valence-corrected chi connectivity index (χ2v) is 7.48. The third kappa shape index (κ3) is 2.78. The number of benzene rings is 2. The minimum atomic E-state index is -0.352. The van der Waals surface area contributed by atoms with Gasteiger partial charge in [-0.3, -0.25) is 4.98 Å². The molecule has 3 aromatic rings. The monoisotopic (exact) mass is 326 g/mol. The van der Waals surface area contributed by atoms with Gasteiger partial charge in [0.25, 0.3) is 0 Å². The van der Waals surface area contributed by atoms with Crippen LogP contribution in [0.3, 0.4) is 0 Å². The van der Waals surface area contributed by atoms with Crippen molar-refractivity contribution in [2.45, 2.75) is 31.6 Å². The topological polar surface area (TPSA) is 12.9 Å². The smallest absolute Gasteiger partial charge is 0.0708 e. The van der Waals surface area contributed by atoms with Crippen LogP contribution in [0, 0.1) is 11.8 Å². The highest BCUT2D eigenvalue weighted by atomic mass is 14.7. The average Bonchev–Trinajstić information content (AvgIpc) is 3.30. The van der Waals surface area contributed by atoms with E-state index in [9.17, 15) is 0 Å². The van der Waals surface area contributed by atoms with Crippen LogP contribution in [0.2, 0.25) is 0 Å². The van der Waals surface area contributed by atoms with E-state index in [0.717, 1.165) is 23.6 Å². The highest BCUT2D eigenvalue weighted by molar-refractivity contribution is 5.70. The Labute approximate surface area is 151 Å². The van der Waals surface area contributed by atoms with Crippen molar-refractivity contribution in [2.24, 2.45) is 11.8 Å². The first-order chi connectivity index (χ1) is 12.7. The summed E-state index contributed by atoms with van der Waals surface area (Å²) in [5.41, 5.74) is 5.71. The van der Waals surface area contributed by atoms with Gasteiger partial charge in [-0.1, -0.05) is 61.0 Å². The van der Waals surface area contributed by atoms with E-state index in [-0.39, 0.29) is 5.89 Å². The fourth-order valence-electron chi connectivity index (χ4n) is 4.66. The van der Waals surface area contributed by atoms with Gasteiger partial charge in [0.1, 0.15) is 0 Å². The van der Waals surface area contributed by atoms with E-state index in [1.54, 1.807) is 0 Å². The fraction of sp³-hybridized carbons (Fsp3) is 0.292. The molecular weight excluding hydrogens is 302 g/mol. The summed E-state index contributed by atoms with van der Waals surface area (Å²) >= 11 is 0. The first-order valence-electron chi connectivity index (χ1n) is 9.85. The number of aromatic nitrogens is 1. The van der Waals surface area contributed by atoms with Gasteiger partial charge in [0.2, 0.25) is 0 Å². The van der Waals surface area contributed by atoms with Crippen molar-refractivity contribution in [3.63, 3.8) is 0 Å². The van der Waals surface area contributed by atoms with Crippen LogP contribution in [-0.4, -0.2) is 4.98 Å². The standard InChI is InChI=1S/C24H23N/c1-2-4-20(5-3-1)24-16-21(12-13-25-24)18-8-10-19(11-9-18)23-15-17-6-7-22(23)14-17/h1-5,8-13,16-17,22-23H,6-7,14-15H2/t17-,22+,23-/m1/s1/i23D. The molecular formula is C24H23N. The molecule has 124 valence electrons. The number of hydrogen-bond donors (Lipinski definition) is 0. The maximum atomic E-state index is 9.02. The molecule has 1 aromatic heterocycles. The fourth-order valence-corrected chi connectivity index (χ4v) is 4.66. The molecule has 0 radical (unpaired) electrons. The molecule has 0 saturated heterocycles. The van der Waals surface area contributed by atoms with Crippen molar-refractivity contribution >= 4 is 0 Å². The molecule has 2 fully saturated rings. The van der Waals surface area contributed by atoms with Crippen molar-refractivity contribution in [1.82, 2.24) is 4.98 Å². The largest absolute Gasteiger partial charge is 0.256 e. The summed E-state index contributed by atoms with van der Waals surface area (Å²) < 4.78 is 9.02. The van der Waals surface area contributed by atoms with E-state index < -0.39 is 0 Å². The molecule has 0 amide bonds. The lowest BCUT2D eigenvalue weighted by molar-refractivity contribution is 0.420. The first kappa shape index (κ1) is 13.8. The lowest BCUT2D eigenvalue weighted by atomic mass is 9.83. The van der Waals surface area contributed by atoms with Crippen molar-refractivity contribution in [2.75, 3.05) is 0 Å². The van der Waals surface area contributed by atoms with Crippen molar-refractivity contribution < 1.29 is 1.37 Å². The summed E-state index contributed by atoms with van der Waals surface area (Å²) in [7, 11) is 0. The Morgan fingerprint density at radius 1 is 0.800 bits per heavy atom. The summed E-state index contributed by atoms with van der Waals surface area (Å²) in [5.74, 6) is 0.990. The second kappa shape index (κ2) is 6.15. The Morgan fingerprint density at radius 3 is 2.36 bits per heavy atom. The number of hydrogen-bond acceptors (Lipinski definition) is 1. The summed E-state index contributed by atoms with van der Waals surface area (Å²) in [4.78, 5) is 4.52. The molecule has 25 heavy (non-hydrogen) atoms. The summed E-state index contributed by atoms with van der Waals surface area (Å²) in [6.07, 6.45) is 6.76. The third-order valence-electron chi connectivity index (χ3n) is 5.96. The van der Waals surface area contributed by atoms with Crippen LogP contribution in [0.1, 0.15) is 38.5 Å². The summed E-state index contributed by atoms with van der Waals surface area (Å²) in [6.45, 7) is 0. The molecule has 5 rings (SSSR count). The molecule has 1 heteroatoms. The van der Waals surface area contributed by atoms with Crippen LogP contribution < -0.4 is 0 Å². The molecule has 1 heterocycles. The van der Waals surface area contributed by atoms with Gasteiger partial charge in [-0.05, 0) is 65.8 Å². The lowest BCUT2D eigenvalue weighted by Gasteiger charge is -2.22. The van der Waals surface area contributed by atoms with Gasteiger partial charge >= 0.3 is 0 Å². The molecule has 0 aliphatic heterocycles. The zero-order valence-electron chi connectivity index (χ0n) is 15.4. The Morgan fingerprint density at radius 2 is 1.64 bits per heavy atom. The molecule has 2 aromatic carbocycles. The van der Waals surface area contributed by atoms with Gasteiger partial charge in [-0.2, -0.15) is 0 Å². The molecule has 0 unspecified atom stereocenters. The molecule has 2 saturated carbocycles. The first-order valence-corrected chi connectivity index (χ1v) is 9.35. The van der Waals surface area contributed by atoms with Gasteiger partial charge < -0.3 is 0 Å². The van der Waals surface area contributed by atoms with E-state index in [2.05, 4.69) is 53.5 Å². The average molecular weight is 326 g/mol. The number of pyridine rings is 1. The van der Waals surface area contributed by atoms with Crippen molar-refractivity contribution in [3.8, 4) is 22.4 Å². The molecule has 2 aliphatic rings. The number of nitrogens with zero attached hydrogens (tertiary/aromatic N) is 1. The second-order valence-electron chi connectivity index (χ2n) is 7.48. The summed E-state index contributed by atoms with van der Waals surface area (Å²) in [5, 5.41) is 0. The van der Waals surface area contributed by atoms with E-state index >= 15 is 0 Å².